The zero-order chi connectivity index (χ0) is 36.2. The second-order valence-corrected chi connectivity index (χ2v) is 17.4. The van der Waals surface area contributed by atoms with Crippen LogP contribution in [-0.2, 0) is 16.2 Å². The van der Waals surface area contributed by atoms with E-state index in [0.717, 1.165) is 22.6 Å². The Bertz CT molecular complexity index is 2920. The van der Waals surface area contributed by atoms with E-state index in [1.165, 1.54) is 93.9 Å². The number of hydrogen-bond acceptors (Lipinski definition) is 1. The summed E-state index contributed by atoms with van der Waals surface area (Å²) < 4.78 is 6.73. The van der Waals surface area contributed by atoms with Gasteiger partial charge in [-0.1, -0.05) is 133 Å². The Morgan fingerprint density at radius 3 is 1.64 bits per heavy atom. The smallest absolute Gasteiger partial charge is 0.134 e. The minimum Gasteiger partial charge on any atom is -0.456 e. The Morgan fingerprint density at radius 2 is 0.906 bits per heavy atom. The lowest BCUT2D eigenvalue weighted by Crippen LogP contribution is -2.17. The molecule has 0 atom stereocenters. The predicted octanol–water partition coefficient (Wildman–Crippen LogP) is 14.1. The number of furan rings is 1. The third-order valence-corrected chi connectivity index (χ3v) is 13.4. The maximum absolute atomic E-state index is 6.73. The van der Waals surface area contributed by atoms with E-state index in [4.69, 9.17) is 4.42 Å². The van der Waals surface area contributed by atoms with Crippen molar-refractivity contribution in [3.8, 4) is 56.0 Å². The first-order valence-corrected chi connectivity index (χ1v) is 19.1. The molecule has 0 saturated carbocycles. The van der Waals surface area contributed by atoms with Gasteiger partial charge in [-0.05, 0) is 137 Å². The van der Waals surface area contributed by atoms with Crippen LogP contribution >= 0.6 is 0 Å². The molecule has 1 nitrogen and oxygen atoms in total. The fraction of sp³-hybridized carbons (Fsp3) is 0.192. The van der Waals surface area contributed by atoms with E-state index in [-0.39, 0.29) is 16.2 Å². The quantitative estimate of drug-likeness (QED) is 0.177. The molecule has 53 heavy (non-hydrogen) atoms. The highest BCUT2D eigenvalue weighted by Crippen LogP contribution is 2.58. The highest BCUT2D eigenvalue weighted by molar-refractivity contribution is 6.05. The van der Waals surface area contributed by atoms with Crippen LogP contribution in [0.2, 0.25) is 0 Å². The number of rotatable bonds is 2. The van der Waals surface area contributed by atoms with Crippen LogP contribution in [0.5, 0.6) is 0 Å². The summed E-state index contributed by atoms with van der Waals surface area (Å²) in [5, 5.41) is 5.33. The van der Waals surface area contributed by atoms with E-state index in [1.807, 2.05) is 0 Å². The lowest BCUT2D eigenvalue weighted by atomic mass is 9.79. The molecule has 0 N–H and O–H groups in total. The summed E-state index contributed by atoms with van der Waals surface area (Å²) in [6.45, 7) is 16.5. The molecule has 1 heteroatoms. The zero-order valence-electron chi connectivity index (χ0n) is 31.5. The van der Waals surface area contributed by atoms with Gasteiger partial charge in [0.2, 0.25) is 0 Å². The highest BCUT2D eigenvalue weighted by atomic mass is 16.3. The zero-order valence-corrected chi connectivity index (χ0v) is 31.5. The molecule has 1 heterocycles. The third-order valence-electron chi connectivity index (χ3n) is 13.4. The molecule has 0 aliphatic heterocycles. The molecule has 0 bridgehead atoms. The van der Waals surface area contributed by atoms with Gasteiger partial charge < -0.3 is 4.42 Å². The van der Waals surface area contributed by atoms with Gasteiger partial charge >= 0.3 is 0 Å². The Hall–Kier alpha value is -5.66. The van der Waals surface area contributed by atoms with Gasteiger partial charge in [-0.2, -0.15) is 0 Å². The number of fused-ring (bicyclic) bond motifs is 13. The minimum atomic E-state index is -0.147. The molecule has 0 spiro atoms. The van der Waals surface area contributed by atoms with Crippen molar-refractivity contribution < 1.29 is 4.42 Å². The predicted molar refractivity (Wildman–Crippen MR) is 222 cm³/mol. The van der Waals surface area contributed by atoms with Crippen molar-refractivity contribution in [3.05, 3.63) is 166 Å². The normalized spacial score (nSPS) is 16.3. The molecule has 0 unspecified atom stereocenters. The molecule has 3 aliphatic carbocycles. The van der Waals surface area contributed by atoms with E-state index in [1.54, 1.807) is 0 Å². The molecule has 7 aromatic carbocycles. The summed E-state index contributed by atoms with van der Waals surface area (Å²) in [5.41, 5.74) is 19.9. The van der Waals surface area contributed by atoms with Crippen LogP contribution < -0.4 is 0 Å². The fourth-order valence-electron chi connectivity index (χ4n) is 10.5. The summed E-state index contributed by atoms with van der Waals surface area (Å²) in [6, 6.07) is 48.0. The van der Waals surface area contributed by atoms with Crippen LogP contribution in [0.1, 0.15) is 80.5 Å². The second-order valence-electron chi connectivity index (χ2n) is 17.4. The number of hydrogen-bond donors (Lipinski definition) is 0. The van der Waals surface area contributed by atoms with Gasteiger partial charge in [0.15, 0.2) is 0 Å². The fourth-order valence-corrected chi connectivity index (χ4v) is 10.5. The second kappa shape index (κ2) is 10.1. The summed E-state index contributed by atoms with van der Waals surface area (Å²) in [4.78, 5) is 0. The van der Waals surface area contributed by atoms with Gasteiger partial charge in [0, 0.05) is 27.4 Å². The molecule has 11 rings (SSSR count). The summed E-state index contributed by atoms with van der Waals surface area (Å²) in [5.74, 6) is 1.81. The summed E-state index contributed by atoms with van der Waals surface area (Å²) in [6.07, 6.45) is 0. The average molecular weight is 683 g/mol. The number of benzene rings is 7. The Labute approximate surface area is 312 Å². The SMILES string of the molecule is Cc1cc2c(c3ccccc13)-c1ccc(-c3ccc(-c4ccc5c(c4)C(C)(C)c4cc6c(cc4-5)C(C)(C)c4ccc5ccccc5c4-6)o3)cc1C2(C)C. The van der Waals surface area contributed by atoms with E-state index in [2.05, 4.69) is 176 Å². The first-order valence-electron chi connectivity index (χ1n) is 19.1. The number of aryl methyl sites for hydroxylation is 1. The van der Waals surface area contributed by atoms with E-state index < -0.39 is 0 Å². The molecule has 1 aromatic heterocycles. The van der Waals surface area contributed by atoms with Crippen LogP contribution in [0.4, 0.5) is 0 Å². The van der Waals surface area contributed by atoms with Crippen LogP contribution in [0.15, 0.2) is 132 Å². The average Bonchev–Trinajstić information content (AvgIpc) is 3.86. The molecular formula is C52H42O. The van der Waals surface area contributed by atoms with Crippen molar-refractivity contribution in [1.82, 2.24) is 0 Å². The van der Waals surface area contributed by atoms with Gasteiger partial charge in [0.1, 0.15) is 11.5 Å². The Balaban J connectivity index is 0.977. The van der Waals surface area contributed by atoms with E-state index in [0.29, 0.717) is 0 Å². The Morgan fingerprint density at radius 1 is 0.377 bits per heavy atom. The first-order chi connectivity index (χ1) is 25.4. The minimum absolute atomic E-state index is 0.0660. The van der Waals surface area contributed by atoms with Crippen LogP contribution in [0.25, 0.3) is 77.6 Å². The van der Waals surface area contributed by atoms with Gasteiger partial charge in [-0.25, -0.2) is 0 Å². The van der Waals surface area contributed by atoms with Crippen LogP contribution in [-0.4, -0.2) is 0 Å². The summed E-state index contributed by atoms with van der Waals surface area (Å²) in [7, 11) is 0. The molecule has 256 valence electrons. The highest BCUT2D eigenvalue weighted by Gasteiger charge is 2.42. The van der Waals surface area contributed by atoms with Crippen molar-refractivity contribution >= 4 is 21.5 Å². The van der Waals surface area contributed by atoms with Crippen molar-refractivity contribution in [2.45, 2.75) is 64.7 Å². The molecule has 8 aromatic rings. The Kier molecular flexibility index (Phi) is 5.87. The maximum Gasteiger partial charge on any atom is 0.134 e. The topological polar surface area (TPSA) is 13.1 Å². The molecular weight excluding hydrogens is 641 g/mol. The van der Waals surface area contributed by atoms with Gasteiger partial charge in [0.25, 0.3) is 0 Å². The van der Waals surface area contributed by atoms with Crippen LogP contribution in [0.3, 0.4) is 0 Å². The summed E-state index contributed by atoms with van der Waals surface area (Å²) >= 11 is 0. The van der Waals surface area contributed by atoms with Gasteiger partial charge in [-0.3, -0.25) is 0 Å². The van der Waals surface area contributed by atoms with Crippen LogP contribution in [0, 0.1) is 6.92 Å². The van der Waals surface area contributed by atoms with Crippen molar-refractivity contribution in [3.63, 3.8) is 0 Å². The van der Waals surface area contributed by atoms with Gasteiger partial charge in [-0.15, -0.1) is 0 Å². The van der Waals surface area contributed by atoms with Crippen molar-refractivity contribution in [1.29, 1.82) is 0 Å². The molecule has 0 radical (unpaired) electrons. The lowest BCUT2D eigenvalue weighted by Gasteiger charge is -2.24. The van der Waals surface area contributed by atoms with Crippen molar-refractivity contribution in [2.75, 3.05) is 0 Å². The molecule has 0 fully saturated rings. The monoisotopic (exact) mass is 682 g/mol. The van der Waals surface area contributed by atoms with Gasteiger partial charge in [0.05, 0.1) is 0 Å². The molecule has 3 aliphatic rings. The van der Waals surface area contributed by atoms with Crippen molar-refractivity contribution in [2.24, 2.45) is 0 Å². The molecule has 0 amide bonds. The third kappa shape index (κ3) is 3.93. The maximum atomic E-state index is 6.73. The van der Waals surface area contributed by atoms with E-state index in [9.17, 15) is 0 Å². The molecule has 0 saturated heterocycles. The largest absolute Gasteiger partial charge is 0.456 e. The van der Waals surface area contributed by atoms with E-state index >= 15 is 0 Å². The standard InChI is InChI=1S/C52H42O/c1-29-24-45-49(36-15-11-10-13-33(29)36)37-20-17-32(26-42(37)52(45,6)7)47-23-22-46(53-47)31-16-19-35-38-27-44-39(28-43(38)51(4,5)41(35)25-31)48-34-14-9-8-12-30(34)18-21-40(48)50(44,2)3/h8-28H,1-7H3. The first kappa shape index (κ1) is 30.9. The lowest BCUT2D eigenvalue weighted by molar-refractivity contribution is 0.596.